The summed E-state index contributed by atoms with van der Waals surface area (Å²) in [5.41, 5.74) is 2.04. The lowest BCUT2D eigenvalue weighted by Gasteiger charge is -2.24. The molecule has 2 aromatic carbocycles. The van der Waals surface area contributed by atoms with Crippen molar-refractivity contribution in [2.75, 3.05) is 23.3 Å². The fourth-order valence-corrected chi connectivity index (χ4v) is 6.01. The minimum Gasteiger partial charge on any atom is -0.325 e. The van der Waals surface area contributed by atoms with Crippen molar-refractivity contribution in [3.63, 3.8) is 0 Å². The normalized spacial score (nSPS) is 19.7. The Morgan fingerprint density at radius 1 is 1.10 bits per heavy atom. The van der Waals surface area contributed by atoms with Crippen LogP contribution in [0.3, 0.4) is 0 Å². The second-order valence-electron chi connectivity index (χ2n) is 7.89. The zero-order chi connectivity index (χ0) is 22.2. The average molecular weight is 462 g/mol. The second-order valence-corrected chi connectivity index (χ2v) is 10.2. The summed E-state index contributed by atoms with van der Waals surface area (Å²) in [6.07, 6.45) is 2.35. The van der Waals surface area contributed by atoms with Gasteiger partial charge in [0.1, 0.15) is 6.04 Å². The van der Waals surface area contributed by atoms with Gasteiger partial charge in [-0.25, -0.2) is 8.42 Å². The fourth-order valence-electron chi connectivity index (χ4n) is 4.07. The maximum atomic E-state index is 13.1. The van der Waals surface area contributed by atoms with Crippen LogP contribution in [0.4, 0.5) is 11.4 Å². The minimum atomic E-state index is -3.77. The zero-order valence-corrected chi connectivity index (χ0v) is 18.7. The molecule has 0 radical (unpaired) electrons. The highest BCUT2D eigenvalue weighted by Crippen LogP contribution is 2.32. The number of halogens is 1. The number of nitrogens with zero attached hydrogens (tertiary/aromatic N) is 2. The Morgan fingerprint density at radius 2 is 1.84 bits per heavy atom. The molecule has 0 aromatic heterocycles. The van der Waals surface area contributed by atoms with Crippen molar-refractivity contribution in [2.24, 2.45) is 0 Å². The molecule has 2 fully saturated rings. The maximum absolute atomic E-state index is 13.1. The number of hydrogen-bond acceptors (Lipinski definition) is 4. The van der Waals surface area contributed by atoms with Crippen LogP contribution in [0.1, 0.15) is 31.2 Å². The molecule has 1 atom stereocenters. The molecular formula is C22H24ClN3O4S. The monoisotopic (exact) mass is 461 g/mol. The van der Waals surface area contributed by atoms with E-state index in [4.69, 9.17) is 11.6 Å². The van der Waals surface area contributed by atoms with Crippen LogP contribution in [0, 0.1) is 6.92 Å². The molecule has 2 aliphatic rings. The third-order valence-corrected chi connectivity index (χ3v) is 7.94. The molecule has 2 aromatic rings. The van der Waals surface area contributed by atoms with Gasteiger partial charge in [-0.1, -0.05) is 29.3 Å². The number of aryl methyl sites for hydroxylation is 1. The first-order chi connectivity index (χ1) is 14.8. The summed E-state index contributed by atoms with van der Waals surface area (Å²) in [6.45, 7) is 2.81. The Kier molecular flexibility index (Phi) is 6.05. The van der Waals surface area contributed by atoms with E-state index in [2.05, 4.69) is 5.32 Å². The van der Waals surface area contributed by atoms with Gasteiger partial charge < -0.3 is 10.2 Å². The van der Waals surface area contributed by atoms with Crippen LogP contribution in [0.2, 0.25) is 5.02 Å². The van der Waals surface area contributed by atoms with Gasteiger partial charge in [-0.05, 0) is 56.5 Å². The van der Waals surface area contributed by atoms with Gasteiger partial charge in [0.15, 0.2) is 0 Å². The van der Waals surface area contributed by atoms with Crippen LogP contribution >= 0.6 is 11.6 Å². The summed E-state index contributed by atoms with van der Waals surface area (Å²) < 4.78 is 27.4. The number of hydrogen-bond donors (Lipinski definition) is 1. The van der Waals surface area contributed by atoms with E-state index in [9.17, 15) is 18.0 Å². The van der Waals surface area contributed by atoms with Crippen molar-refractivity contribution >= 4 is 44.8 Å². The molecule has 31 heavy (non-hydrogen) atoms. The molecule has 0 aliphatic carbocycles. The van der Waals surface area contributed by atoms with Crippen LogP contribution in [-0.2, 0) is 19.6 Å². The summed E-state index contributed by atoms with van der Waals surface area (Å²) in [5, 5.41) is 3.15. The molecule has 2 aliphatic heterocycles. The van der Waals surface area contributed by atoms with Crippen LogP contribution in [0.25, 0.3) is 0 Å². The number of sulfonamides is 1. The van der Waals surface area contributed by atoms with Gasteiger partial charge in [0.25, 0.3) is 0 Å². The number of nitrogens with one attached hydrogen (secondary N) is 1. The van der Waals surface area contributed by atoms with Crippen molar-refractivity contribution in [2.45, 2.75) is 43.5 Å². The minimum absolute atomic E-state index is 0.0293. The first-order valence-corrected chi connectivity index (χ1v) is 12.1. The average Bonchev–Trinajstić information content (AvgIpc) is 3.38. The maximum Gasteiger partial charge on any atom is 0.243 e. The molecule has 4 rings (SSSR count). The molecule has 0 saturated carbocycles. The van der Waals surface area contributed by atoms with Crippen molar-refractivity contribution in [1.29, 1.82) is 0 Å². The lowest BCUT2D eigenvalue weighted by atomic mass is 10.2. The largest absolute Gasteiger partial charge is 0.325 e. The molecule has 7 nitrogen and oxygen atoms in total. The van der Waals surface area contributed by atoms with Gasteiger partial charge in [-0.2, -0.15) is 4.31 Å². The number of anilines is 2. The van der Waals surface area contributed by atoms with E-state index in [1.165, 1.54) is 4.31 Å². The number of benzene rings is 2. The van der Waals surface area contributed by atoms with Gasteiger partial charge in [0, 0.05) is 25.2 Å². The quantitative estimate of drug-likeness (QED) is 0.737. The molecule has 1 N–H and O–H groups in total. The Labute approximate surface area is 187 Å². The SMILES string of the molecule is Cc1ccc(S(=O)(=O)N2CCC[C@H]2C(=O)Nc2ccc(N3CCCC3=O)c(Cl)c2)cc1. The Balaban J connectivity index is 1.51. The highest BCUT2D eigenvalue weighted by Gasteiger charge is 2.39. The summed E-state index contributed by atoms with van der Waals surface area (Å²) in [5.74, 6) is -0.365. The van der Waals surface area contributed by atoms with Crippen LogP contribution in [-0.4, -0.2) is 43.7 Å². The molecule has 0 unspecified atom stereocenters. The van der Waals surface area contributed by atoms with Crippen molar-refractivity contribution in [1.82, 2.24) is 4.31 Å². The standard InChI is InChI=1S/C22H24ClN3O4S/c1-15-6-9-17(10-7-15)31(29,30)26-13-2-4-20(26)22(28)24-16-8-11-19(18(23)14-16)25-12-3-5-21(25)27/h6-11,14,20H,2-5,12-13H2,1H3,(H,24,28)/t20-/m0/s1. The number of amides is 2. The molecule has 2 heterocycles. The van der Waals surface area contributed by atoms with E-state index in [0.29, 0.717) is 48.7 Å². The van der Waals surface area contributed by atoms with Gasteiger partial charge in [0.05, 0.1) is 15.6 Å². The molecule has 0 spiro atoms. The summed E-state index contributed by atoms with van der Waals surface area (Å²) in [6, 6.07) is 10.8. The molecule has 0 bridgehead atoms. The predicted molar refractivity (Wildman–Crippen MR) is 120 cm³/mol. The number of carbonyl (C=O) groups is 2. The topological polar surface area (TPSA) is 86.8 Å². The van der Waals surface area contributed by atoms with Gasteiger partial charge in [-0.3, -0.25) is 9.59 Å². The smallest absolute Gasteiger partial charge is 0.243 e. The molecule has 164 valence electrons. The lowest BCUT2D eigenvalue weighted by molar-refractivity contribution is -0.119. The van der Waals surface area contributed by atoms with Crippen molar-refractivity contribution in [3.05, 3.63) is 53.1 Å². The van der Waals surface area contributed by atoms with E-state index >= 15 is 0 Å². The highest BCUT2D eigenvalue weighted by molar-refractivity contribution is 7.89. The predicted octanol–water partition coefficient (Wildman–Crippen LogP) is 3.57. The first kappa shape index (κ1) is 21.8. The van der Waals surface area contributed by atoms with E-state index in [0.717, 1.165) is 12.0 Å². The van der Waals surface area contributed by atoms with Crippen LogP contribution in [0.15, 0.2) is 47.4 Å². The van der Waals surface area contributed by atoms with Gasteiger partial charge in [0.2, 0.25) is 21.8 Å². The third kappa shape index (κ3) is 4.33. The third-order valence-electron chi connectivity index (χ3n) is 5.71. The van der Waals surface area contributed by atoms with Crippen LogP contribution < -0.4 is 10.2 Å². The molecular weight excluding hydrogens is 438 g/mol. The Morgan fingerprint density at radius 3 is 2.48 bits per heavy atom. The van der Waals surface area contributed by atoms with Gasteiger partial charge >= 0.3 is 0 Å². The highest BCUT2D eigenvalue weighted by atomic mass is 35.5. The zero-order valence-electron chi connectivity index (χ0n) is 17.2. The van der Waals surface area contributed by atoms with E-state index in [1.807, 2.05) is 6.92 Å². The molecule has 2 saturated heterocycles. The summed E-state index contributed by atoms with van der Waals surface area (Å²) >= 11 is 6.36. The summed E-state index contributed by atoms with van der Waals surface area (Å²) in [7, 11) is -3.77. The van der Waals surface area contributed by atoms with Crippen molar-refractivity contribution < 1.29 is 18.0 Å². The molecule has 9 heteroatoms. The summed E-state index contributed by atoms with van der Waals surface area (Å²) in [4.78, 5) is 26.7. The Hall–Kier alpha value is -2.42. The molecule has 2 amide bonds. The fraction of sp³-hybridized carbons (Fsp3) is 0.364. The number of carbonyl (C=O) groups excluding carboxylic acids is 2. The first-order valence-electron chi connectivity index (χ1n) is 10.3. The van der Waals surface area contributed by atoms with E-state index < -0.39 is 22.0 Å². The number of rotatable bonds is 5. The second kappa shape index (κ2) is 8.61. The van der Waals surface area contributed by atoms with E-state index in [1.54, 1.807) is 47.4 Å². The lowest BCUT2D eigenvalue weighted by Crippen LogP contribution is -2.43. The Bertz CT molecular complexity index is 1120. The van der Waals surface area contributed by atoms with Crippen molar-refractivity contribution in [3.8, 4) is 0 Å². The van der Waals surface area contributed by atoms with Crippen LogP contribution in [0.5, 0.6) is 0 Å². The van der Waals surface area contributed by atoms with Gasteiger partial charge in [-0.15, -0.1) is 0 Å². The van der Waals surface area contributed by atoms with E-state index in [-0.39, 0.29) is 10.8 Å².